The van der Waals surface area contributed by atoms with Crippen LogP contribution in [0.2, 0.25) is 0 Å². The van der Waals surface area contributed by atoms with Crippen LogP contribution in [0.3, 0.4) is 0 Å². The maximum atomic E-state index is 12.7. The summed E-state index contributed by atoms with van der Waals surface area (Å²) in [5.41, 5.74) is 0.531. The lowest BCUT2D eigenvalue weighted by Gasteiger charge is -2.38. The minimum atomic E-state index is -3.17. The topological polar surface area (TPSA) is 97.6 Å². The first-order valence-corrected chi connectivity index (χ1v) is 10.6. The fourth-order valence-corrected chi connectivity index (χ4v) is 4.36. The normalized spacial score (nSPS) is 20.0. The van der Waals surface area contributed by atoms with Crippen molar-refractivity contribution in [3.05, 3.63) is 23.9 Å². The number of piperazine rings is 1. The molecular formula is C17H23N5O3S. The van der Waals surface area contributed by atoms with Gasteiger partial charge in [0.1, 0.15) is 11.9 Å². The molecule has 0 atom stereocenters. The lowest BCUT2D eigenvalue weighted by molar-refractivity contribution is -0.137. The van der Waals surface area contributed by atoms with E-state index in [9.17, 15) is 13.2 Å². The van der Waals surface area contributed by atoms with Crippen molar-refractivity contribution in [2.45, 2.75) is 12.8 Å². The van der Waals surface area contributed by atoms with E-state index in [4.69, 9.17) is 5.26 Å². The largest absolute Gasteiger partial charge is 0.353 e. The molecule has 1 aromatic heterocycles. The van der Waals surface area contributed by atoms with Gasteiger partial charge in [0.05, 0.1) is 11.8 Å². The Morgan fingerprint density at radius 2 is 1.81 bits per heavy atom. The summed E-state index contributed by atoms with van der Waals surface area (Å²) in [4.78, 5) is 21.0. The highest BCUT2D eigenvalue weighted by Crippen LogP contribution is 2.22. The molecule has 2 saturated heterocycles. The van der Waals surface area contributed by atoms with Gasteiger partial charge in [0.2, 0.25) is 15.9 Å². The van der Waals surface area contributed by atoms with Crippen LogP contribution in [0.15, 0.2) is 18.3 Å². The molecule has 26 heavy (non-hydrogen) atoms. The Balaban J connectivity index is 1.52. The highest BCUT2D eigenvalue weighted by molar-refractivity contribution is 7.88. The van der Waals surface area contributed by atoms with Crippen LogP contribution in [0, 0.1) is 17.2 Å². The van der Waals surface area contributed by atoms with Crippen LogP contribution in [0.4, 0.5) is 5.82 Å². The molecule has 0 unspecified atom stereocenters. The molecule has 8 nitrogen and oxygen atoms in total. The van der Waals surface area contributed by atoms with Crippen molar-refractivity contribution in [2.75, 3.05) is 50.4 Å². The first kappa shape index (κ1) is 18.6. The lowest BCUT2D eigenvalue weighted by Crippen LogP contribution is -2.52. The lowest BCUT2D eigenvalue weighted by atomic mass is 9.96. The van der Waals surface area contributed by atoms with Gasteiger partial charge in [0.15, 0.2) is 0 Å². The second kappa shape index (κ2) is 7.60. The minimum absolute atomic E-state index is 0.0902. The molecule has 3 rings (SSSR count). The molecule has 0 saturated carbocycles. The van der Waals surface area contributed by atoms with E-state index in [-0.39, 0.29) is 11.8 Å². The first-order chi connectivity index (χ1) is 12.4. The van der Waals surface area contributed by atoms with Crippen LogP contribution in [-0.4, -0.2) is 74.0 Å². The van der Waals surface area contributed by atoms with Crippen molar-refractivity contribution in [2.24, 2.45) is 5.92 Å². The summed E-state index contributed by atoms with van der Waals surface area (Å²) >= 11 is 0. The summed E-state index contributed by atoms with van der Waals surface area (Å²) in [5, 5.41) is 8.84. The Hall–Kier alpha value is -2.18. The number of hydrogen-bond donors (Lipinski definition) is 0. The molecule has 0 aliphatic carbocycles. The van der Waals surface area contributed by atoms with Crippen LogP contribution in [0.1, 0.15) is 18.4 Å². The van der Waals surface area contributed by atoms with Crippen molar-refractivity contribution < 1.29 is 13.2 Å². The Kier molecular flexibility index (Phi) is 5.44. The smallest absolute Gasteiger partial charge is 0.225 e. The number of amides is 1. The number of pyridine rings is 1. The number of carbonyl (C=O) groups excluding carboxylic acids is 1. The zero-order valence-electron chi connectivity index (χ0n) is 14.8. The standard InChI is InChI=1S/C17H23N5O3S/c1-26(24,25)22-6-4-15(5-7-22)17(23)21-10-8-20(9-11-21)16-3-2-14(12-18)13-19-16/h2-3,13,15H,4-11H2,1H3. The van der Waals surface area contributed by atoms with E-state index < -0.39 is 10.0 Å². The predicted molar refractivity (Wildman–Crippen MR) is 96.9 cm³/mol. The minimum Gasteiger partial charge on any atom is -0.353 e. The van der Waals surface area contributed by atoms with Gasteiger partial charge < -0.3 is 9.80 Å². The van der Waals surface area contributed by atoms with Gasteiger partial charge in [0, 0.05) is 51.4 Å². The van der Waals surface area contributed by atoms with Gasteiger partial charge in [0.25, 0.3) is 0 Å². The van der Waals surface area contributed by atoms with E-state index >= 15 is 0 Å². The molecule has 0 spiro atoms. The van der Waals surface area contributed by atoms with Gasteiger partial charge in [-0.2, -0.15) is 5.26 Å². The van der Waals surface area contributed by atoms with Gasteiger partial charge in [-0.15, -0.1) is 0 Å². The molecule has 1 aromatic rings. The van der Waals surface area contributed by atoms with Crippen LogP contribution in [0.25, 0.3) is 0 Å². The van der Waals surface area contributed by atoms with E-state index in [0.717, 1.165) is 5.82 Å². The molecule has 0 bridgehead atoms. The first-order valence-electron chi connectivity index (χ1n) is 8.73. The van der Waals surface area contributed by atoms with Crippen molar-refractivity contribution in [1.29, 1.82) is 5.26 Å². The Labute approximate surface area is 154 Å². The number of sulfonamides is 1. The van der Waals surface area contributed by atoms with E-state index in [1.807, 2.05) is 11.0 Å². The second-order valence-electron chi connectivity index (χ2n) is 6.77. The number of hydrogen-bond acceptors (Lipinski definition) is 6. The fraction of sp³-hybridized carbons (Fsp3) is 0.588. The monoisotopic (exact) mass is 377 g/mol. The fourth-order valence-electron chi connectivity index (χ4n) is 3.49. The molecule has 0 radical (unpaired) electrons. The highest BCUT2D eigenvalue weighted by atomic mass is 32.2. The van der Waals surface area contributed by atoms with Crippen LogP contribution < -0.4 is 4.90 Å². The third kappa shape index (κ3) is 4.14. The quantitative estimate of drug-likeness (QED) is 0.750. The third-order valence-corrected chi connectivity index (χ3v) is 6.37. The number of piperidine rings is 1. The average Bonchev–Trinajstić information content (AvgIpc) is 2.67. The second-order valence-corrected chi connectivity index (χ2v) is 8.75. The van der Waals surface area contributed by atoms with Crippen molar-refractivity contribution in [3.63, 3.8) is 0 Å². The molecule has 0 aromatic carbocycles. The van der Waals surface area contributed by atoms with E-state index in [0.29, 0.717) is 57.7 Å². The summed E-state index contributed by atoms with van der Waals surface area (Å²) < 4.78 is 24.6. The van der Waals surface area contributed by atoms with Crippen molar-refractivity contribution in [3.8, 4) is 6.07 Å². The SMILES string of the molecule is CS(=O)(=O)N1CCC(C(=O)N2CCN(c3ccc(C#N)cn3)CC2)CC1. The van der Waals surface area contributed by atoms with E-state index in [2.05, 4.69) is 16.0 Å². The maximum absolute atomic E-state index is 12.7. The number of carbonyl (C=O) groups is 1. The van der Waals surface area contributed by atoms with Gasteiger partial charge in [-0.1, -0.05) is 0 Å². The molecule has 2 fully saturated rings. The number of anilines is 1. The summed E-state index contributed by atoms with van der Waals surface area (Å²) in [7, 11) is -3.17. The molecule has 2 aliphatic heterocycles. The predicted octanol–water partition coefficient (Wildman–Crippen LogP) is 0.273. The number of aromatic nitrogens is 1. The summed E-state index contributed by atoms with van der Waals surface area (Å²) in [6.07, 6.45) is 3.95. The molecule has 1 amide bonds. The Morgan fingerprint density at radius 3 is 2.31 bits per heavy atom. The van der Waals surface area contributed by atoms with Gasteiger partial charge in [-0.05, 0) is 25.0 Å². The van der Waals surface area contributed by atoms with Crippen LogP contribution in [-0.2, 0) is 14.8 Å². The summed E-state index contributed by atoms with van der Waals surface area (Å²) in [6.45, 7) is 3.51. The molecule has 2 aliphatic rings. The highest BCUT2D eigenvalue weighted by Gasteiger charge is 2.32. The van der Waals surface area contributed by atoms with Gasteiger partial charge in [-0.3, -0.25) is 4.79 Å². The van der Waals surface area contributed by atoms with Crippen LogP contribution in [0.5, 0.6) is 0 Å². The molecule has 9 heteroatoms. The zero-order chi connectivity index (χ0) is 18.7. The number of nitriles is 1. The molecule has 3 heterocycles. The number of nitrogens with zero attached hydrogens (tertiary/aromatic N) is 5. The van der Waals surface area contributed by atoms with E-state index in [1.165, 1.54) is 10.6 Å². The molecular weight excluding hydrogens is 354 g/mol. The van der Waals surface area contributed by atoms with Crippen molar-refractivity contribution >= 4 is 21.7 Å². The summed E-state index contributed by atoms with van der Waals surface area (Å²) in [6, 6.07) is 5.63. The third-order valence-electron chi connectivity index (χ3n) is 5.06. The molecule has 0 N–H and O–H groups in total. The van der Waals surface area contributed by atoms with Gasteiger partial charge >= 0.3 is 0 Å². The van der Waals surface area contributed by atoms with Gasteiger partial charge in [-0.25, -0.2) is 17.7 Å². The number of rotatable bonds is 3. The zero-order valence-corrected chi connectivity index (χ0v) is 15.7. The Bertz CT molecular complexity index is 787. The van der Waals surface area contributed by atoms with E-state index in [1.54, 1.807) is 12.3 Å². The molecule has 140 valence electrons. The summed E-state index contributed by atoms with van der Waals surface area (Å²) in [5.74, 6) is 0.857. The Morgan fingerprint density at radius 1 is 1.15 bits per heavy atom. The van der Waals surface area contributed by atoms with Crippen molar-refractivity contribution in [1.82, 2.24) is 14.2 Å². The maximum Gasteiger partial charge on any atom is 0.225 e. The average molecular weight is 377 g/mol. The van der Waals surface area contributed by atoms with Crippen LogP contribution >= 0.6 is 0 Å².